The van der Waals surface area contributed by atoms with E-state index in [4.69, 9.17) is 18.6 Å². The largest absolute Gasteiger partial charge is 0.469 e. The number of dihydropyridines is 1. The maximum Gasteiger partial charge on any atom is 0.337 e. The number of carbonyl (C=O) groups excluding carboxylic acids is 2. The van der Waals surface area contributed by atoms with Crippen LogP contribution in [-0.4, -0.2) is 18.5 Å². The van der Waals surface area contributed by atoms with Gasteiger partial charge in [-0.3, -0.25) is 4.79 Å². The maximum absolute atomic E-state index is 13.6. The number of hydrogen-bond acceptors (Lipinski definition) is 7. The van der Waals surface area contributed by atoms with Gasteiger partial charge in [0.2, 0.25) is 6.79 Å². The van der Waals surface area contributed by atoms with Crippen LogP contribution in [0.5, 0.6) is 11.5 Å². The van der Waals surface area contributed by atoms with Crippen LogP contribution in [-0.2, 0) is 20.9 Å². The molecule has 0 fully saturated rings. The summed E-state index contributed by atoms with van der Waals surface area (Å²) in [6.45, 7) is 2.14. The van der Waals surface area contributed by atoms with E-state index in [9.17, 15) is 9.59 Å². The van der Waals surface area contributed by atoms with E-state index >= 15 is 0 Å². The Morgan fingerprint density at radius 1 is 1.03 bits per heavy atom. The van der Waals surface area contributed by atoms with Crippen molar-refractivity contribution in [2.24, 2.45) is 0 Å². The third-order valence-corrected chi connectivity index (χ3v) is 6.94. The molecule has 1 aromatic heterocycles. The van der Waals surface area contributed by atoms with Crippen LogP contribution in [0.25, 0.3) is 0 Å². The van der Waals surface area contributed by atoms with Crippen LogP contribution in [0.2, 0.25) is 0 Å². The zero-order valence-corrected chi connectivity index (χ0v) is 19.8. The van der Waals surface area contributed by atoms with Gasteiger partial charge >= 0.3 is 5.97 Å². The first-order valence-electron chi connectivity index (χ1n) is 12.0. The number of ketones is 1. The number of furan rings is 1. The summed E-state index contributed by atoms with van der Waals surface area (Å²) in [5.41, 5.74) is 4.17. The van der Waals surface area contributed by atoms with Crippen molar-refractivity contribution in [3.8, 4) is 11.5 Å². The zero-order chi connectivity index (χ0) is 24.6. The monoisotopic (exact) mass is 483 g/mol. The van der Waals surface area contributed by atoms with E-state index < -0.39 is 11.9 Å². The number of esters is 1. The van der Waals surface area contributed by atoms with E-state index in [-0.39, 0.29) is 25.1 Å². The third-order valence-electron chi connectivity index (χ3n) is 6.94. The predicted octanol–water partition coefficient (Wildman–Crippen LogP) is 5.11. The molecule has 7 nitrogen and oxygen atoms in total. The van der Waals surface area contributed by atoms with Crippen molar-refractivity contribution in [1.82, 2.24) is 5.32 Å². The normalized spacial score (nSPS) is 20.8. The van der Waals surface area contributed by atoms with Gasteiger partial charge in [0.15, 0.2) is 17.3 Å². The number of hydrogen-bond donors (Lipinski definition) is 1. The molecule has 6 rings (SSSR count). The van der Waals surface area contributed by atoms with Crippen LogP contribution < -0.4 is 14.8 Å². The quantitative estimate of drug-likeness (QED) is 0.505. The highest BCUT2D eigenvalue weighted by Gasteiger charge is 2.42. The molecule has 1 N–H and O–H groups in total. The minimum atomic E-state index is -0.580. The van der Waals surface area contributed by atoms with Crippen LogP contribution >= 0.6 is 0 Å². The molecule has 3 aromatic rings. The Hall–Kier alpha value is -4.26. The van der Waals surface area contributed by atoms with Crippen LogP contribution in [0.15, 0.2) is 93.9 Å². The van der Waals surface area contributed by atoms with Crippen molar-refractivity contribution in [2.45, 2.75) is 38.2 Å². The summed E-state index contributed by atoms with van der Waals surface area (Å²) in [5.74, 6) is 0.904. The Kier molecular flexibility index (Phi) is 5.60. The standard InChI is InChI=1S/C29H25NO6/c1-17-26(29(32)34-15-18-6-3-2-4-7-18)27(19-9-10-24-25(14-19)36-16-35-24)28-21(30-17)12-20(13-22(28)31)23-8-5-11-33-23/h2-11,14,20,27,30H,12-13,15-16H2,1H3/t20-,27-/m1/s1. The fourth-order valence-electron chi connectivity index (χ4n) is 5.26. The molecular formula is C29H25NO6. The van der Waals surface area contributed by atoms with Crippen LogP contribution in [0, 0.1) is 0 Å². The second-order valence-corrected chi connectivity index (χ2v) is 9.21. The molecule has 36 heavy (non-hydrogen) atoms. The van der Waals surface area contributed by atoms with Gasteiger partial charge in [-0.2, -0.15) is 0 Å². The molecule has 0 spiro atoms. The fourth-order valence-corrected chi connectivity index (χ4v) is 5.26. The molecule has 2 atom stereocenters. The molecule has 2 aromatic carbocycles. The number of carbonyl (C=O) groups is 2. The van der Waals surface area contributed by atoms with E-state index in [1.165, 1.54) is 0 Å². The van der Waals surface area contributed by atoms with E-state index in [0.717, 1.165) is 22.6 Å². The second kappa shape index (κ2) is 9.07. The number of ether oxygens (including phenoxy) is 3. The first-order valence-corrected chi connectivity index (χ1v) is 12.0. The van der Waals surface area contributed by atoms with Crippen LogP contribution in [0.3, 0.4) is 0 Å². The van der Waals surface area contributed by atoms with Crippen LogP contribution in [0.1, 0.15) is 48.5 Å². The summed E-state index contributed by atoms with van der Waals surface area (Å²) in [5, 5.41) is 3.36. The SMILES string of the molecule is CC1=C(C(=O)OCc2ccccc2)[C@@H](c2ccc3c(c2)OCO3)C2=C(C[C@@H](c3ccco3)CC2=O)N1. The lowest BCUT2D eigenvalue weighted by Crippen LogP contribution is -2.36. The molecule has 0 amide bonds. The number of benzene rings is 2. The molecule has 3 heterocycles. The van der Waals surface area contributed by atoms with Gasteiger partial charge in [-0.05, 0) is 48.7 Å². The lowest BCUT2D eigenvalue weighted by atomic mass is 9.72. The maximum atomic E-state index is 13.6. The highest BCUT2D eigenvalue weighted by atomic mass is 16.7. The molecular weight excluding hydrogens is 458 g/mol. The summed E-state index contributed by atoms with van der Waals surface area (Å²) in [6, 6.07) is 18.8. The van der Waals surface area contributed by atoms with Gasteiger partial charge in [0.1, 0.15) is 12.4 Å². The smallest absolute Gasteiger partial charge is 0.337 e. The van der Waals surface area contributed by atoms with Gasteiger partial charge < -0.3 is 23.9 Å². The minimum absolute atomic E-state index is 0.0197. The Morgan fingerprint density at radius 2 is 1.86 bits per heavy atom. The lowest BCUT2D eigenvalue weighted by molar-refractivity contribution is -0.140. The zero-order valence-electron chi connectivity index (χ0n) is 19.8. The van der Waals surface area contributed by atoms with Crippen molar-refractivity contribution < 1.29 is 28.2 Å². The van der Waals surface area contributed by atoms with Crippen molar-refractivity contribution in [3.05, 3.63) is 106 Å². The Morgan fingerprint density at radius 3 is 2.67 bits per heavy atom. The van der Waals surface area contributed by atoms with Crippen molar-refractivity contribution in [3.63, 3.8) is 0 Å². The summed E-state index contributed by atoms with van der Waals surface area (Å²) < 4.78 is 22.4. The van der Waals surface area contributed by atoms with Crippen molar-refractivity contribution in [1.29, 1.82) is 0 Å². The second-order valence-electron chi connectivity index (χ2n) is 9.21. The molecule has 0 saturated carbocycles. The summed E-state index contributed by atoms with van der Waals surface area (Å²) in [6.07, 6.45) is 2.54. The number of nitrogens with one attached hydrogen (secondary N) is 1. The highest BCUT2D eigenvalue weighted by Crippen LogP contribution is 2.47. The number of rotatable bonds is 5. The molecule has 0 bridgehead atoms. The lowest BCUT2D eigenvalue weighted by Gasteiger charge is -2.36. The Labute approximate surface area is 208 Å². The van der Waals surface area contributed by atoms with Gasteiger partial charge in [-0.25, -0.2) is 4.79 Å². The van der Waals surface area contributed by atoms with Gasteiger partial charge in [-0.15, -0.1) is 0 Å². The van der Waals surface area contributed by atoms with E-state index in [2.05, 4.69) is 5.32 Å². The fraction of sp³-hybridized carbons (Fsp3) is 0.241. The topological polar surface area (TPSA) is 87.0 Å². The average molecular weight is 484 g/mol. The molecule has 182 valence electrons. The van der Waals surface area contributed by atoms with Gasteiger partial charge in [-0.1, -0.05) is 36.4 Å². The Balaban J connectivity index is 1.39. The summed E-state index contributed by atoms with van der Waals surface area (Å²) >= 11 is 0. The van der Waals surface area contributed by atoms with Gasteiger partial charge in [0.05, 0.1) is 11.8 Å². The molecule has 3 aliphatic rings. The van der Waals surface area contributed by atoms with E-state index in [1.807, 2.05) is 67.6 Å². The van der Waals surface area contributed by atoms with Crippen molar-refractivity contribution in [2.75, 3.05) is 6.79 Å². The molecule has 7 heteroatoms. The Bertz CT molecular complexity index is 1390. The molecule has 0 unspecified atom stereocenters. The summed E-state index contributed by atoms with van der Waals surface area (Å²) in [4.78, 5) is 27.1. The molecule has 2 aliphatic heterocycles. The predicted molar refractivity (Wildman–Crippen MR) is 130 cm³/mol. The van der Waals surface area contributed by atoms with Gasteiger partial charge in [0, 0.05) is 35.2 Å². The van der Waals surface area contributed by atoms with Gasteiger partial charge in [0.25, 0.3) is 0 Å². The highest BCUT2D eigenvalue weighted by molar-refractivity contribution is 6.04. The average Bonchev–Trinajstić information content (AvgIpc) is 3.59. The summed E-state index contributed by atoms with van der Waals surface area (Å²) in [7, 11) is 0. The third kappa shape index (κ3) is 3.96. The number of allylic oxidation sites excluding steroid dienone is 3. The number of fused-ring (bicyclic) bond motifs is 1. The number of Topliss-reactive ketones (excluding diaryl/α,β-unsaturated/α-hetero) is 1. The minimum Gasteiger partial charge on any atom is -0.469 e. The van der Waals surface area contributed by atoms with Crippen LogP contribution in [0.4, 0.5) is 0 Å². The van der Waals surface area contributed by atoms with E-state index in [1.54, 1.807) is 6.26 Å². The first-order chi connectivity index (χ1) is 17.6. The first kappa shape index (κ1) is 22.2. The van der Waals surface area contributed by atoms with Crippen molar-refractivity contribution >= 4 is 11.8 Å². The molecule has 0 radical (unpaired) electrons. The van der Waals surface area contributed by atoms with E-state index in [0.29, 0.717) is 41.2 Å². The molecule has 1 aliphatic carbocycles. The molecule has 0 saturated heterocycles.